The van der Waals surface area contributed by atoms with Gasteiger partial charge >= 0.3 is 65.0 Å². The standard InChI is InChI=1S/CH4N2.Ca.HI.Pb.Ti.4H/c2-1-3;;;;;;;;/h1H,(H3,2,3);;1H;;;;;;/q;+2;;;;;;2*-1. The van der Waals surface area contributed by atoms with Crippen LogP contribution in [0.5, 0.6) is 0 Å². The van der Waals surface area contributed by atoms with E-state index in [9.17, 15) is 0 Å². The van der Waals surface area contributed by atoms with Crippen LogP contribution in [-0.4, -0.2) is 71.4 Å². The van der Waals surface area contributed by atoms with Gasteiger partial charge in [-0.05, 0) is 0 Å². The molecule has 0 heterocycles. The number of nitrogens with two attached hydrogens (primary N) is 2. The molecule has 0 aliphatic heterocycles. The van der Waals surface area contributed by atoms with Crippen LogP contribution in [0.4, 0.5) is 0 Å². The van der Waals surface area contributed by atoms with E-state index in [1.807, 2.05) is 0 Å². The number of hydrogen-bond donors (Lipinski definition) is 2. The second-order valence-corrected chi connectivity index (χ2v) is 0.192. The van der Waals surface area contributed by atoms with Crippen LogP contribution in [0, 0.1) is 0 Å². The maximum atomic E-state index is 4.50. The molecule has 0 amide bonds. The maximum Gasteiger partial charge on any atom is 0 e. The summed E-state index contributed by atoms with van der Waals surface area (Å²) >= 11 is 0. The second-order valence-electron chi connectivity index (χ2n) is 0.192. The summed E-state index contributed by atoms with van der Waals surface area (Å²) in [6, 6.07) is 0. The summed E-state index contributed by atoms with van der Waals surface area (Å²) in [5, 5.41) is 4.50. The van der Waals surface area contributed by atoms with Crippen LogP contribution >= 0.6 is 0 Å². The Hall–Kier alpha value is 3.10. The number of halogens is 1. The van der Waals surface area contributed by atoms with Gasteiger partial charge in [0.15, 0.2) is 0 Å². The van der Waals surface area contributed by atoms with Gasteiger partial charge in [-0.15, -0.1) is 0 Å². The smallest absolute Gasteiger partial charge is 0 e. The zero-order chi connectivity index (χ0) is 2.71. The molecule has 2 radical (unpaired) electrons. The third-order valence-electron chi connectivity index (χ3n) is 0. The molecule has 0 aromatic rings. The molecule has 6 heteroatoms. The van der Waals surface area contributed by atoms with E-state index in [4.69, 9.17) is 0 Å². The van der Waals surface area contributed by atoms with Crippen molar-refractivity contribution in [1.82, 2.24) is 0 Å². The van der Waals surface area contributed by atoms with Crippen LogP contribution in [-0.2, 0) is 21.7 Å². The van der Waals surface area contributed by atoms with Crippen LogP contribution in [0.3, 0.4) is 0 Å². The van der Waals surface area contributed by atoms with Gasteiger partial charge in [-0.2, -0.15) is 0 Å². The van der Waals surface area contributed by atoms with Crippen molar-refractivity contribution in [3.8, 4) is 0 Å². The van der Waals surface area contributed by atoms with E-state index < -0.39 is 0 Å². The van der Waals surface area contributed by atoms with Crippen molar-refractivity contribution in [2.75, 3.05) is 0 Å². The third-order valence-corrected chi connectivity index (χ3v) is 0. The summed E-state index contributed by atoms with van der Waals surface area (Å²) in [6.45, 7) is 0. The van der Waals surface area contributed by atoms with Gasteiger partial charge in [-0.3, -0.25) is 11.1 Å². The average molecular weight is 471 g/mol. The first-order chi connectivity index (χ1) is 1.41. The van der Waals surface area contributed by atoms with E-state index in [2.05, 4.69) is 11.1 Å². The van der Waals surface area contributed by atoms with Gasteiger partial charge in [0.2, 0.25) is 6.34 Å². The van der Waals surface area contributed by atoms with Crippen LogP contribution < -0.4 is 35.1 Å². The quantitative estimate of drug-likeness (QED) is 0.157. The molecule has 40 valence electrons. The Morgan fingerprint density at radius 3 is 1.57 bits per heavy atom. The Kier molecular flexibility index (Phi) is 163. The largest absolute Gasteiger partial charge is 0 e. The molecular formula is CH9CaIN2PbTi. The zero-order valence-electron chi connectivity index (χ0n) is 6.02. The topological polar surface area (TPSA) is 51.6 Å². The van der Waals surface area contributed by atoms with Crippen molar-refractivity contribution in [3.05, 3.63) is 0 Å². The molecule has 0 saturated heterocycles. The normalized spacial score (nSPS) is 1.71. The third kappa shape index (κ3) is 47.8. The first kappa shape index (κ1) is 32.2. The Bertz CT molecular complexity index is 32.0. The summed E-state index contributed by atoms with van der Waals surface area (Å²) in [6.07, 6.45) is 1.00. The first-order valence-corrected chi connectivity index (χ1v) is 0.667. The second kappa shape index (κ2) is 35.5. The van der Waals surface area contributed by atoms with E-state index in [-0.39, 0.29) is 114 Å². The SMILES string of the molecule is NC=[NH2+].[Ca+2].[H-].[H-].[I-].[PbH2].[Ti]. The fourth-order valence-corrected chi connectivity index (χ4v) is 0. The minimum absolute atomic E-state index is 0. The molecule has 0 saturated carbocycles. The van der Waals surface area contributed by atoms with E-state index in [0.717, 1.165) is 6.34 Å². The van der Waals surface area contributed by atoms with Gasteiger partial charge in [0, 0.05) is 21.7 Å². The Morgan fingerprint density at radius 2 is 1.57 bits per heavy atom. The van der Waals surface area contributed by atoms with Gasteiger partial charge in [0.25, 0.3) is 0 Å². The molecule has 0 rings (SSSR count). The molecule has 0 atom stereocenters. The Morgan fingerprint density at radius 1 is 1.57 bits per heavy atom. The molecule has 0 bridgehead atoms. The van der Waals surface area contributed by atoms with Gasteiger partial charge in [-0.1, -0.05) is 0 Å². The predicted octanol–water partition coefficient (Wildman–Crippen LogP) is -6.34. The van der Waals surface area contributed by atoms with Crippen LogP contribution in [0.25, 0.3) is 0 Å². The molecule has 0 aromatic carbocycles. The van der Waals surface area contributed by atoms with E-state index in [1.54, 1.807) is 0 Å². The summed E-state index contributed by atoms with van der Waals surface area (Å²) in [4.78, 5) is 0. The van der Waals surface area contributed by atoms with Crippen molar-refractivity contribution < 1.29 is 54.0 Å². The zero-order valence-corrected chi connectivity index (χ0v) is 15.4. The fourth-order valence-electron chi connectivity index (χ4n) is 0. The number of hydrogen-bond acceptors (Lipinski definition) is 0. The van der Waals surface area contributed by atoms with Crippen LogP contribution in [0.1, 0.15) is 2.85 Å². The molecular weight excluding hydrogens is 462 g/mol. The average Bonchev–Trinajstić information content (AvgIpc) is 0.918. The Balaban J connectivity index is -0.00000000133. The summed E-state index contributed by atoms with van der Waals surface area (Å²) < 4.78 is 0. The van der Waals surface area contributed by atoms with Crippen molar-refractivity contribution >= 4 is 71.4 Å². The molecule has 0 fully saturated rings. The monoisotopic (exact) mass is 472 g/mol. The van der Waals surface area contributed by atoms with Gasteiger partial charge < -0.3 is 26.8 Å². The molecule has 4 N–H and O–H groups in total. The van der Waals surface area contributed by atoms with Gasteiger partial charge in [0.1, 0.15) is 0 Å². The molecule has 2 nitrogen and oxygen atoms in total. The molecule has 0 aliphatic rings. The van der Waals surface area contributed by atoms with Crippen molar-refractivity contribution in [2.45, 2.75) is 0 Å². The maximum absolute atomic E-state index is 4.50. The van der Waals surface area contributed by atoms with Crippen molar-refractivity contribution in [1.29, 1.82) is 0 Å². The van der Waals surface area contributed by atoms with Crippen LogP contribution in [0.2, 0.25) is 0 Å². The molecule has 0 aliphatic carbocycles. The summed E-state index contributed by atoms with van der Waals surface area (Å²) in [7, 11) is 0. The van der Waals surface area contributed by atoms with Crippen molar-refractivity contribution in [3.63, 3.8) is 0 Å². The van der Waals surface area contributed by atoms with Crippen LogP contribution in [0.15, 0.2) is 0 Å². The van der Waals surface area contributed by atoms with Gasteiger partial charge in [-0.25, -0.2) is 0 Å². The molecule has 0 unspecified atom stereocenters. The summed E-state index contributed by atoms with van der Waals surface area (Å²) in [5.41, 5.74) is 4.50. The minimum Gasteiger partial charge on any atom is 0 e. The number of rotatable bonds is 0. The van der Waals surface area contributed by atoms with E-state index >= 15 is 0 Å². The first-order valence-electron chi connectivity index (χ1n) is 0.667. The fraction of sp³-hybridized carbons (Fsp3) is 0. The van der Waals surface area contributed by atoms with E-state index in [1.165, 1.54) is 0 Å². The molecule has 7 heavy (non-hydrogen) atoms. The predicted molar refractivity (Wildman–Crippen MR) is 28.7 cm³/mol. The minimum atomic E-state index is 0. The molecule has 0 aromatic heterocycles. The Labute approximate surface area is 128 Å². The molecule has 0 spiro atoms. The van der Waals surface area contributed by atoms with Gasteiger partial charge in [0.05, 0.1) is 0 Å². The van der Waals surface area contributed by atoms with E-state index in [0.29, 0.717) is 0 Å². The summed E-state index contributed by atoms with van der Waals surface area (Å²) in [5.74, 6) is 0. The van der Waals surface area contributed by atoms with Crippen molar-refractivity contribution in [2.24, 2.45) is 5.73 Å².